The van der Waals surface area contributed by atoms with Crippen LogP contribution in [0.15, 0.2) is 24.3 Å². The van der Waals surface area contributed by atoms with E-state index in [-0.39, 0.29) is 18.5 Å². The molecule has 3 N–H and O–H groups in total. The second-order valence-electron chi connectivity index (χ2n) is 17.1. The first-order valence-corrected chi connectivity index (χ1v) is 25.1. The third kappa shape index (κ3) is 43.7. The van der Waals surface area contributed by atoms with Gasteiger partial charge in [-0.1, -0.05) is 218 Å². The van der Waals surface area contributed by atoms with Gasteiger partial charge >= 0.3 is 5.97 Å². The minimum Gasteiger partial charge on any atom is -0.466 e. The van der Waals surface area contributed by atoms with Gasteiger partial charge in [-0.15, -0.1) is 0 Å². The van der Waals surface area contributed by atoms with Crippen molar-refractivity contribution in [3.05, 3.63) is 24.3 Å². The van der Waals surface area contributed by atoms with Gasteiger partial charge in [-0.05, 0) is 57.8 Å². The van der Waals surface area contributed by atoms with Gasteiger partial charge in [0.05, 0.1) is 25.4 Å². The number of unbranched alkanes of at least 4 members (excludes halogenated alkanes) is 33. The van der Waals surface area contributed by atoms with Crippen LogP contribution in [0.1, 0.15) is 264 Å². The number of aliphatic hydroxyl groups excluding tert-OH is 2. The Morgan fingerprint density at radius 2 is 0.825 bits per heavy atom. The van der Waals surface area contributed by atoms with Gasteiger partial charge in [-0.2, -0.15) is 0 Å². The molecule has 0 aromatic carbocycles. The topological polar surface area (TPSA) is 95.9 Å². The van der Waals surface area contributed by atoms with E-state index in [0.717, 1.165) is 64.2 Å². The van der Waals surface area contributed by atoms with E-state index in [2.05, 4.69) is 31.3 Å². The van der Waals surface area contributed by atoms with Crippen molar-refractivity contribution >= 4 is 11.9 Å². The molecular weight excluding hydrogens is 707 g/mol. The fourth-order valence-corrected chi connectivity index (χ4v) is 7.57. The first-order valence-electron chi connectivity index (χ1n) is 25.1. The Bertz CT molecular complexity index is 889. The lowest BCUT2D eigenvalue weighted by Crippen LogP contribution is -2.45. The molecule has 0 fully saturated rings. The molecule has 0 bridgehead atoms. The summed E-state index contributed by atoms with van der Waals surface area (Å²) in [6.07, 6.45) is 54.6. The van der Waals surface area contributed by atoms with Gasteiger partial charge in [0.1, 0.15) is 0 Å². The number of amides is 1. The maximum absolute atomic E-state index is 12.4. The number of aliphatic hydroxyl groups is 2. The minimum atomic E-state index is -0.853. The second kappa shape index (κ2) is 47.0. The smallest absolute Gasteiger partial charge is 0.305 e. The molecule has 0 rings (SSSR count). The van der Waals surface area contributed by atoms with Crippen molar-refractivity contribution in [1.82, 2.24) is 5.32 Å². The Labute approximate surface area is 354 Å². The van der Waals surface area contributed by atoms with Gasteiger partial charge in [0.25, 0.3) is 0 Å². The number of hydrogen-bond donors (Lipinski definition) is 3. The van der Waals surface area contributed by atoms with Crippen molar-refractivity contribution in [2.45, 2.75) is 276 Å². The van der Waals surface area contributed by atoms with Crippen molar-refractivity contribution in [1.29, 1.82) is 0 Å². The molecule has 0 radical (unpaired) electrons. The molecule has 57 heavy (non-hydrogen) atoms. The van der Waals surface area contributed by atoms with E-state index in [1.54, 1.807) is 6.08 Å². The zero-order valence-electron chi connectivity index (χ0n) is 38.1. The molecule has 0 saturated carbocycles. The van der Waals surface area contributed by atoms with Gasteiger partial charge in [-0.25, -0.2) is 0 Å². The lowest BCUT2D eigenvalue weighted by molar-refractivity contribution is -0.143. The standard InChI is InChI=1S/C51H97NO5/c1-3-5-7-9-11-13-15-23-27-31-35-39-43-49(54)48(47-53)52-50(55)44-40-36-32-28-24-21-19-17-18-20-22-26-30-34-38-42-46-57-51(56)45-41-37-33-29-25-16-14-12-10-8-6-4-2/h17,19,39,43,48-49,53-54H,3-16,18,20-38,40-42,44-47H2,1-2H3,(H,52,55)/b19-17-,43-39+. The summed E-state index contributed by atoms with van der Waals surface area (Å²) in [6, 6.07) is -0.638. The molecule has 0 aromatic heterocycles. The quantitative estimate of drug-likeness (QED) is 0.0324. The number of carbonyl (C=O) groups is 2. The van der Waals surface area contributed by atoms with Crippen LogP contribution >= 0.6 is 0 Å². The van der Waals surface area contributed by atoms with Crippen molar-refractivity contribution in [2.75, 3.05) is 13.2 Å². The van der Waals surface area contributed by atoms with Crippen LogP contribution in [0.4, 0.5) is 0 Å². The van der Waals surface area contributed by atoms with E-state index in [1.807, 2.05) is 6.08 Å². The molecule has 0 aliphatic rings. The highest BCUT2D eigenvalue weighted by Gasteiger charge is 2.18. The number of hydrogen-bond acceptors (Lipinski definition) is 5. The lowest BCUT2D eigenvalue weighted by atomic mass is 10.0. The molecule has 336 valence electrons. The number of ether oxygens (including phenoxy) is 1. The molecule has 2 unspecified atom stereocenters. The van der Waals surface area contributed by atoms with Crippen molar-refractivity contribution < 1.29 is 24.5 Å². The van der Waals surface area contributed by atoms with Crippen molar-refractivity contribution in [3.63, 3.8) is 0 Å². The number of esters is 1. The zero-order chi connectivity index (χ0) is 41.5. The van der Waals surface area contributed by atoms with Gasteiger partial charge < -0.3 is 20.3 Å². The molecular formula is C51H97NO5. The third-order valence-electron chi connectivity index (χ3n) is 11.5. The molecule has 0 aliphatic heterocycles. The predicted molar refractivity (Wildman–Crippen MR) is 246 cm³/mol. The van der Waals surface area contributed by atoms with Crippen LogP contribution < -0.4 is 5.32 Å². The largest absolute Gasteiger partial charge is 0.466 e. The van der Waals surface area contributed by atoms with E-state index >= 15 is 0 Å². The van der Waals surface area contributed by atoms with Gasteiger partial charge in [0, 0.05) is 12.8 Å². The van der Waals surface area contributed by atoms with Crippen LogP contribution in [-0.2, 0) is 14.3 Å². The second-order valence-corrected chi connectivity index (χ2v) is 17.1. The molecule has 0 spiro atoms. The van der Waals surface area contributed by atoms with Crippen LogP contribution in [0.5, 0.6) is 0 Å². The summed E-state index contributed by atoms with van der Waals surface area (Å²) < 4.78 is 5.45. The summed E-state index contributed by atoms with van der Waals surface area (Å²) in [6.45, 7) is 4.86. The van der Waals surface area contributed by atoms with Gasteiger partial charge in [0.2, 0.25) is 5.91 Å². The maximum atomic E-state index is 12.4. The molecule has 0 aliphatic carbocycles. The highest BCUT2D eigenvalue weighted by Crippen LogP contribution is 2.15. The van der Waals surface area contributed by atoms with E-state index in [4.69, 9.17) is 4.74 Å². The number of allylic oxidation sites excluding steroid dienone is 3. The van der Waals surface area contributed by atoms with Crippen LogP contribution in [0.2, 0.25) is 0 Å². The minimum absolute atomic E-state index is 0.00374. The van der Waals surface area contributed by atoms with Crippen LogP contribution in [-0.4, -0.2) is 47.4 Å². The van der Waals surface area contributed by atoms with Crippen LogP contribution in [0.25, 0.3) is 0 Å². The van der Waals surface area contributed by atoms with Gasteiger partial charge in [-0.3, -0.25) is 9.59 Å². The van der Waals surface area contributed by atoms with Crippen LogP contribution in [0, 0.1) is 0 Å². The summed E-state index contributed by atoms with van der Waals surface area (Å²) >= 11 is 0. The summed E-state index contributed by atoms with van der Waals surface area (Å²) in [4.78, 5) is 24.4. The zero-order valence-corrected chi connectivity index (χ0v) is 38.1. The van der Waals surface area contributed by atoms with E-state index < -0.39 is 12.1 Å². The molecule has 6 heteroatoms. The summed E-state index contributed by atoms with van der Waals surface area (Å²) in [7, 11) is 0. The Balaban J connectivity index is 3.49. The SMILES string of the molecule is CCCCCCCCCCCC/C=C/C(O)C(CO)NC(=O)CCCCCCC/C=C\CCCCCCCCCOC(=O)CCCCCCCCCCCCCC. The number of carbonyl (C=O) groups excluding carboxylic acids is 2. The van der Waals surface area contributed by atoms with Crippen LogP contribution in [0.3, 0.4) is 0 Å². The van der Waals surface area contributed by atoms with E-state index in [1.165, 1.54) is 173 Å². The van der Waals surface area contributed by atoms with Crippen molar-refractivity contribution in [2.24, 2.45) is 0 Å². The Morgan fingerprint density at radius 3 is 1.25 bits per heavy atom. The van der Waals surface area contributed by atoms with Crippen molar-refractivity contribution in [3.8, 4) is 0 Å². The highest BCUT2D eigenvalue weighted by atomic mass is 16.5. The van der Waals surface area contributed by atoms with Gasteiger partial charge in [0.15, 0.2) is 0 Å². The predicted octanol–water partition coefficient (Wildman–Crippen LogP) is 14.7. The summed E-state index contributed by atoms with van der Waals surface area (Å²) in [5.74, 6) is -0.0899. The lowest BCUT2D eigenvalue weighted by Gasteiger charge is -2.20. The fraction of sp³-hybridized carbons (Fsp3) is 0.882. The maximum Gasteiger partial charge on any atom is 0.305 e. The molecule has 1 amide bonds. The molecule has 0 aromatic rings. The van der Waals surface area contributed by atoms with E-state index in [0.29, 0.717) is 19.4 Å². The average molecular weight is 804 g/mol. The monoisotopic (exact) mass is 804 g/mol. The Morgan fingerprint density at radius 1 is 0.474 bits per heavy atom. The summed E-state index contributed by atoms with van der Waals surface area (Å²) in [5.41, 5.74) is 0. The number of rotatable bonds is 46. The normalized spacial score (nSPS) is 12.8. The highest BCUT2D eigenvalue weighted by molar-refractivity contribution is 5.76. The molecule has 2 atom stereocenters. The third-order valence-corrected chi connectivity index (χ3v) is 11.5. The Kier molecular flexibility index (Phi) is 45.7. The first-order chi connectivity index (χ1) is 28.0. The molecule has 0 saturated heterocycles. The molecule has 0 heterocycles. The van der Waals surface area contributed by atoms with E-state index in [9.17, 15) is 19.8 Å². The molecule has 6 nitrogen and oxygen atoms in total. The Hall–Kier alpha value is -1.66. The first kappa shape index (κ1) is 55.3. The fourth-order valence-electron chi connectivity index (χ4n) is 7.57. The number of nitrogens with one attached hydrogen (secondary N) is 1. The summed E-state index contributed by atoms with van der Waals surface area (Å²) in [5, 5.41) is 23.0. The average Bonchev–Trinajstić information content (AvgIpc) is 3.21.